The molecule has 0 aliphatic carbocycles. The molecule has 3 nitrogen and oxygen atoms in total. The lowest BCUT2D eigenvalue weighted by atomic mass is 9.84. The molecule has 0 aliphatic heterocycles. The third kappa shape index (κ3) is 4.15. The van der Waals surface area contributed by atoms with Crippen molar-refractivity contribution in [3.8, 4) is 6.07 Å². The largest absolute Gasteiger partial charge is 0.355 e. The van der Waals surface area contributed by atoms with Crippen LogP contribution in [-0.4, -0.2) is 12.5 Å². The fourth-order valence-electron chi connectivity index (χ4n) is 1.68. The number of hydrogen-bond acceptors (Lipinski definition) is 2. The topological polar surface area (TPSA) is 52.9 Å². The fourth-order valence-corrected chi connectivity index (χ4v) is 2.50. The van der Waals surface area contributed by atoms with Crippen molar-refractivity contribution in [3.63, 3.8) is 0 Å². The van der Waals surface area contributed by atoms with Crippen molar-refractivity contribution in [2.45, 2.75) is 32.1 Å². The van der Waals surface area contributed by atoms with Gasteiger partial charge in [0, 0.05) is 29.3 Å². The van der Waals surface area contributed by atoms with Crippen molar-refractivity contribution in [1.82, 2.24) is 5.32 Å². The second-order valence-corrected chi connectivity index (χ2v) is 5.65. The number of hydrogen-bond donors (Lipinski definition) is 1. The van der Waals surface area contributed by atoms with E-state index in [-0.39, 0.29) is 24.2 Å². The van der Waals surface area contributed by atoms with Crippen LogP contribution < -0.4 is 5.32 Å². The number of nitrogens with one attached hydrogen (secondary N) is 1. The smallest absolute Gasteiger partial charge is 0.221 e. The molecule has 0 fully saturated rings. The maximum Gasteiger partial charge on any atom is 0.221 e. The van der Waals surface area contributed by atoms with Crippen LogP contribution in [0.3, 0.4) is 0 Å². The van der Waals surface area contributed by atoms with Crippen molar-refractivity contribution in [2.24, 2.45) is 0 Å². The van der Waals surface area contributed by atoms with Gasteiger partial charge in [-0.25, -0.2) is 0 Å². The molecule has 0 unspecified atom stereocenters. The Hall–Kier alpha value is -1.34. The summed E-state index contributed by atoms with van der Waals surface area (Å²) >= 11 is 3.53. The zero-order valence-corrected chi connectivity index (χ0v) is 12.3. The Kier molecular flexibility index (Phi) is 5.36. The summed E-state index contributed by atoms with van der Waals surface area (Å²) in [6.45, 7) is 4.72. The van der Waals surface area contributed by atoms with Gasteiger partial charge in [-0.05, 0) is 11.6 Å². The first-order valence-electron chi connectivity index (χ1n) is 5.86. The standard InChI is InChI=1S/C14H17BrN2O/c1-14(2,10-17-13(18)8-5-9-16)11-6-3-4-7-12(11)15/h3-4,6-7H,5,8,10H2,1-2H3,(H,17,18). The van der Waals surface area contributed by atoms with Gasteiger partial charge < -0.3 is 5.32 Å². The van der Waals surface area contributed by atoms with Gasteiger partial charge in [-0.2, -0.15) is 5.26 Å². The van der Waals surface area contributed by atoms with Gasteiger partial charge in [0.15, 0.2) is 0 Å². The molecule has 18 heavy (non-hydrogen) atoms. The van der Waals surface area contributed by atoms with Gasteiger partial charge in [0.1, 0.15) is 0 Å². The van der Waals surface area contributed by atoms with Crippen LogP contribution in [0.25, 0.3) is 0 Å². The minimum Gasteiger partial charge on any atom is -0.355 e. The first-order valence-corrected chi connectivity index (χ1v) is 6.65. The Morgan fingerprint density at radius 2 is 2.11 bits per heavy atom. The minimum atomic E-state index is -0.150. The lowest BCUT2D eigenvalue weighted by Gasteiger charge is -2.26. The molecule has 1 aromatic carbocycles. The molecule has 0 bridgehead atoms. The van der Waals surface area contributed by atoms with Crippen LogP contribution in [-0.2, 0) is 10.2 Å². The summed E-state index contributed by atoms with van der Waals surface area (Å²) in [5.74, 6) is -0.0725. The highest BCUT2D eigenvalue weighted by atomic mass is 79.9. The van der Waals surface area contributed by atoms with Crippen LogP contribution in [0.5, 0.6) is 0 Å². The summed E-state index contributed by atoms with van der Waals surface area (Å²) in [6, 6.07) is 9.96. The lowest BCUT2D eigenvalue weighted by Crippen LogP contribution is -2.36. The van der Waals surface area contributed by atoms with Crippen molar-refractivity contribution in [3.05, 3.63) is 34.3 Å². The van der Waals surface area contributed by atoms with E-state index in [1.165, 1.54) is 0 Å². The summed E-state index contributed by atoms with van der Waals surface area (Å²) in [4.78, 5) is 11.5. The van der Waals surface area contributed by atoms with E-state index in [1.54, 1.807) is 0 Å². The molecular formula is C14H17BrN2O. The molecule has 0 saturated carbocycles. The Bertz CT molecular complexity index is 463. The highest BCUT2D eigenvalue weighted by Crippen LogP contribution is 2.29. The summed E-state index contributed by atoms with van der Waals surface area (Å²) in [7, 11) is 0. The number of carbonyl (C=O) groups excluding carboxylic acids is 1. The molecule has 1 amide bonds. The molecule has 4 heteroatoms. The Labute approximate surface area is 116 Å². The van der Waals surface area contributed by atoms with Gasteiger partial charge in [-0.1, -0.05) is 48.0 Å². The minimum absolute atomic E-state index is 0.0725. The molecule has 0 atom stereocenters. The van der Waals surface area contributed by atoms with Crippen LogP contribution in [0.15, 0.2) is 28.7 Å². The average molecular weight is 309 g/mol. The molecule has 1 N–H and O–H groups in total. The SMILES string of the molecule is CC(C)(CNC(=O)CCC#N)c1ccccc1Br. The van der Waals surface area contributed by atoms with Crippen LogP contribution in [0.2, 0.25) is 0 Å². The van der Waals surface area contributed by atoms with E-state index in [0.29, 0.717) is 6.54 Å². The van der Waals surface area contributed by atoms with E-state index in [2.05, 4.69) is 35.1 Å². The summed E-state index contributed by atoms with van der Waals surface area (Å²) in [6.07, 6.45) is 0.532. The van der Waals surface area contributed by atoms with Crippen molar-refractivity contribution >= 4 is 21.8 Å². The second-order valence-electron chi connectivity index (χ2n) is 4.80. The van der Waals surface area contributed by atoms with Crippen LogP contribution >= 0.6 is 15.9 Å². The Morgan fingerprint density at radius 3 is 2.72 bits per heavy atom. The second kappa shape index (κ2) is 6.55. The molecule has 0 radical (unpaired) electrons. The summed E-state index contributed by atoms with van der Waals surface area (Å²) in [5.41, 5.74) is 1.01. The van der Waals surface area contributed by atoms with E-state index in [9.17, 15) is 4.79 Å². The number of amides is 1. The molecule has 1 rings (SSSR count). The number of rotatable bonds is 5. The molecule has 0 aliphatic rings. The lowest BCUT2D eigenvalue weighted by molar-refractivity contribution is -0.121. The van der Waals surface area contributed by atoms with Gasteiger partial charge in [0.2, 0.25) is 5.91 Å². The normalized spacial score (nSPS) is 10.8. The maximum atomic E-state index is 11.5. The van der Waals surface area contributed by atoms with E-state index >= 15 is 0 Å². The number of halogens is 1. The van der Waals surface area contributed by atoms with E-state index in [0.717, 1.165) is 10.0 Å². The van der Waals surface area contributed by atoms with Crippen molar-refractivity contribution in [1.29, 1.82) is 5.26 Å². The Morgan fingerprint density at radius 1 is 1.44 bits per heavy atom. The average Bonchev–Trinajstić information content (AvgIpc) is 2.34. The zero-order valence-electron chi connectivity index (χ0n) is 10.7. The Balaban J connectivity index is 2.63. The molecule has 1 aromatic rings. The van der Waals surface area contributed by atoms with Crippen LogP contribution in [0.4, 0.5) is 0 Å². The maximum absolute atomic E-state index is 11.5. The van der Waals surface area contributed by atoms with Gasteiger partial charge in [0.25, 0.3) is 0 Å². The first-order chi connectivity index (χ1) is 8.47. The fraction of sp³-hybridized carbons (Fsp3) is 0.429. The predicted molar refractivity (Wildman–Crippen MR) is 75.0 cm³/mol. The van der Waals surface area contributed by atoms with Gasteiger partial charge in [-0.15, -0.1) is 0 Å². The first kappa shape index (κ1) is 14.7. The van der Waals surface area contributed by atoms with Gasteiger partial charge in [0.05, 0.1) is 6.07 Å². The quantitative estimate of drug-likeness (QED) is 0.908. The molecule has 0 aromatic heterocycles. The van der Waals surface area contributed by atoms with Crippen molar-refractivity contribution < 1.29 is 4.79 Å². The highest BCUT2D eigenvalue weighted by Gasteiger charge is 2.23. The molecular weight excluding hydrogens is 292 g/mol. The third-order valence-electron chi connectivity index (χ3n) is 2.79. The molecule has 0 saturated heterocycles. The number of nitriles is 1. The summed E-state index contributed by atoms with van der Waals surface area (Å²) < 4.78 is 1.04. The van der Waals surface area contributed by atoms with Gasteiger partial charge in [-0.3, -0.25) is 4.79 Å². The predicted octanol–water partition coefficient (Wildman–Crippen LogP) is 3.15. The van der Waals surface area contributed by atoms with E-state index in [1.807, 2.05) is 30.3 Å². The summed E-state index contributed by atoms with van der Waals surface area (Å²) in [5, 5.41) is 11.3. The third-order valence-corrected chi connectivity index (χ3v) is 3.49. The number of benzene rings is 1. The van der Waals surface area contributed by atoms with Crippen molar-refractivity contribution in [2.75, 3.05) is 6.54 Å². The van der Waals surface area contributed by atoms with Gasteiger partial charge >= 0.3 is 0 Å². The number of nitrogens with zero attached hydrogens (tertiary/aromatic N) is 1. The highest BCUT2D eigenvalue weighted by molar-refractivity contribution is 9.10. The zero-order chi connectivity index (χ0) is 13.6. The molecule has 0 heterocycles. The monoisotopic (exact) mass is 308 g/mol. The van der Waals surface area contributed by atoms with E-state index in [4.69, 9.17) is 5.26 Å². The molecule has 0 spiro atoms. The van der Waals surface area contributed by atoms with Crippen LogP contribution in [0.1, 0.15) is 32.3 Å². The number of carbonyl (C=O) groups is 1. The van der Waals surface area contributed by atoms with E-state index < -0.39 is 0 Å². The molecule has 96 valence electrons. The van der Waals surface area contributed by atoms with Crippen LogP contribution in [0, 0.1) is 11.3 Å².